The van der Waals surface area contributed by atoms with Crippen molar-refractivity contribution in [2.24, 2.45) is 10.7 Å². The number of rotatable bonds is 5. The summed E-state index contributed by atoms with van der Waals surface area (Å²) >= 11 is 1.94. The minimum Gasteiger partial charge on any atom is -0.383 e. The average Bonchev–Trinajstić information content (AvgIpc) is 2.68. The molecular formula is C20H26IN3OS. The number of nitrogens with zero attached hydrogens (tertiary/aromatic N) is 2. The first kappa shape index (κ1) is 21.1. The van der Waals surface area contributed by atoms with Gasteiger partial charge in [-0.2, -0.15) is 11.8 Å². The largest absolute Gasteiger partial charge is 0.383 e. The third-order valence-corrected chi connectivity index (χ3v) is 5.43. The van der Waals surface area contributed by atoms with E-state index < -0.39 is 5.60 Å². The van der Waals surface area contributed by atoms with Crippen LogP contribution in [0.3, 0.4) is 0 Å². The van der Waals surface area contributed by atoms with Gasteiger partial charge in [0.25, 0.3) is 0 Å². The number of guanidine groups is 1. The van der Waals surface area contributed by atoms with Gasteiger partial charge in [0.05, 0.1) is 6.54 Å². The molecule has 2 aromatic rings. The van der Waals surface area contributed by atoms with Crippen molar-refractivity contribution < 1.29 is 5.11 Å². The highest BCUT2D eigenvalue weighted by atomic mass is 127. The SMILES string of the molecule is I.NC(=NCC(O)(Cc1ccccc1)c1ccccc1)N1CCSCC1. The van der Waals surface area contributed by atoms with E-state index in [-0.39, 0.29) is 30.5 Å². The van der Waals surface area contributed by atoms with Crippen molar-refractivity contribution in [3.05, 3.63) is 71.8 Å². The molecule has 0 bridgehead atoms. The number of thioether (sulfide) groups is 1. The van der Waals surface area contributed by atoms with Gasteiger partial charge in [0.2, 0.25) is 0 Å². The molecule has 3 N–H and O–H groups in total. The lowest BCUT2D eigenvalue weighted by Gasteiger charge is -2.30. The Morgan fingerprint density at radius 1 is 1.04 bits per heavy atom. The van der Waals surface area contributed by atoms with Crippen LogP contribution in [0.2, 0.25) is 0 Å². The van der Waals surface area contributed by atoms with E-state index >= 15 is 0 Å². The van der Waals surface area contributed by atoms with Gasteiger partial charge in [-0.1, -0.05) is 60.7 Å². The van der Waals surface area contributed by atoms with Crippen LogP contribution in [0, 0.1) is 0 Å². The number of hydrogen-bond acceptors (Lipinski definition) is 3. The third-order valence-electron chi connectivity index (χ3n) is 4.49. The van der Waals surface area contributed by atoms with Gasteiger partial charge in [-0.15, -0.1) is 24.0 Å². The van der Waals surface area contributed by atoms with Crippen LogP contribution < -0.4 is 5.73 Å². The molecule has 0 spiro atoms. The van der Waals surface area contributed by atoms with Crippen LogP contribution in [0.15, 0.2) is 65.7 Å². The van der Waals surface area contributed by atoms with Crippen molar-refractivity contribution >= 4 is 41.7 Å². The predicted octanol–water partition coefficient (Wildman–Crippen LogP) is 3.10. The lowest BCUT2D eigenvalue weighted by Crippen LogP contribution is -2.44. The van der Waals surface area contributed by atoms with Crippen LogP contribution in [0.5, 0.6) is 0 Å². The zero-order valence-electron chi connectivity index (χ0n) is 14.8. The van der Waals surface area contributed by atoms with E-state index in [1.807, 2.05) is 72.4 Å². The van der Waals surface area contributed by atoms with Gasteiger partial charge in [-0.05, 0) is 11.1 Å². The van der Waals surface area contributed by atoms with E-state index in [1.54, 1.807) is 0 Å². The predicted molar refractivity (Wildman–Crippen MR) is 121 cm³/mol. The van der Waals surface area contributed by atoms with Gasteiger partial charge in [0.15, 0.2) is 5.96 Å². The average molecular weight is 483 g/mol. The number of halogens is 1. The Balaban J connectivity index is 0.00000243. The summed E-state index contributed by atoms with van der Waals surface area (Å²) in [7, 11) is 0. The van der Waals surface area contributed by atoms with Crippen LogP contribution >= 0.6 is 35.7 Å². The van der Waals surface area contributed by atoms with Crippen molar-refractivity contribution in [1.82, 2.24) is 4.90 Å². The van der Waals surface area contributed by atoms with Crippen molar-refractivity contribution in [3.8, 4) is 0 Å². The Bertz CT molecular complexity index is 693. The minimum absolute atomic E-state index is 0. The van der Waals surface area contributed by atoms with E-state index in [0.717, 1.165) is 35.7 Å². The lowest BCUT2D eigenvalue weighted by molar-refractivity contribution is 0.0465. The van der Waals surface area contributed by atoms with E-state index in [2.05, 4.69) is 9.89 Å². The third kappa shape index (κ3) is 5.62. The summed E-state index contributed by atoms with van der Waals surface area (Å²) in [6.45, 7) is 2.09. The van der Waals surface area contributed by atoms with Gasteiger partial charge < -0.3 is 15.7 Å². The molecule has 2 aromatic carbocycles. The number of nitrogens with two attached hydrogens (primary N) is 1. The zero-order valence-corrected chi connectivity index (χ0v) is 17.9. The molecule has 1 saturated heterocycles. The molecule has 3 rings (SSSR count). The zero-order chi connectivity index (χ0) is 17.5. The molecule has 140 valence electrons. The summed E-state index contributed by atoms with van der Waals surface area (Å²) in [4.78, 5) is 6.66. The second-order valence-corrected chi connectivity index (χ2v) is 7.56. The van der Waals surface area contributed by atoms with Crippen LogP contribution in [-0.4, -0.2) is 47.1 Å². The van der Waals surface area contributed by atoms with Crippen molar-refractivity contribution in [2.75, 3.05) is 31.1 Å². The molecule has 1 heterocycles. The van der Waals surface area contributed by atoms with Crippen LogP contribution in [0.1, 0.15) is 11.1 Å². The molecule has 4 nitrogen and oxygen atoms in total. The fraction of sp³-hybridized carbons (Fsp3) is 0.350. The number of aliphatic hydroxyl groups is 1. The fourth-order valence-electron chi connectivity index (χ4n) is 3.04. The Morgan fingerprint density at radius 3 is 2.23 bits per heavy atom. The van der Waals surface area contributed by atoms with E-state index in [9.17, 15) is 5.11 Å². The standard InChI is InChI=1S/C20H25N3OS.HI/c21-19(23-11-13-25-14-12-23)22-16-20(24,18-9-5-2-6-10-18)15-17-7-3-1-4-8-17;/h1-10,24H,11-16H2,(H2,21,22);1H. The molecule has 26 heavy (non-hydrogen) atoms. The van der Waals surface area contributed by atoms with Crippen LogP contribution in [0.25, 0.3) is 0 Å². The monoisotopic (exact) mass is 483 g/mol. The Kier molecular flexibility index (Phi) is 8.24. The molecule has 1 fully saturated rings. The summed E-state index contributed by atoms with van der Waals surface area (Å²) in [6, 6.07) is 19.8. The molecule has 6 heteroatoms. The molecule has 0 aliphatic carbocycles. The molecule has 0 aromatic heterocycles. The first-order chi connectivity index (χ1) is 12.2. The summed E-state index contributed by atoms with van der Waals surface area (Å²) in [5, 5.41) is 11.4. The van der Waals surface area contributed by atoms with Gasteiger partial charge in [0, 0.05) is 31.0 Å². The van der Waals surface area contributed by atoms with Crippen molar-refractivity contribution in [1.29, 1.82) is 0 Å². The Morgan fingerprint density at radius 2 is 1.62 bits per heavy atom. The summed E-state index contributed by atoms with van der Waals surface area (Å²) < 4.78 is 0. The second kappa shape index (κ2) is 10.2. The molecular weight excluding hydrogens is 457 g/mol. The van der Waals surface area contributed by atoms with E-state index in [4.69, 9.17) is 5.73 Å². The Hall–Kier alpha value is -1.25. The smallest absolute Gasteiger partial charge is 0.191 e. The van der Waals surface area contributed by atoms with Gasteiger partial charge in [-0.25, -0.2) is 4.99 Å². The normalized spacial score (nSPS) is 17.3. The highest BCUT2D eigenvalue weighted by Gasteiger charge is 2.30. The minimum atomic E-state index is -1.07. The topological polar surface area (TPSA) is 61.9 Å². The lowest BCUT2D eigenvalue weighted by atomic mass is 9.87. The highest BCUT2D eigenvalue weighted by molar-refractivity contribution is 14.0. The van der Waals surface area contributed by atoms with Gasteiger partial charge in [0.1, 0.15) is 5.60 Å². The first-order valence-corrected chi connectivity index (χ1v) is 9.77. The van der Waals surface area contributed by atoms with Gasteiger partial charge in [-0.3, -0.25) is 0 Å². The van der Waals surface area contributed by atoms with Crippen LogP contribution in [-0.2, 0) is 12.0 Å². The maximum atomic E-state index is 11.4. The highest BCUT2D eigenvalue weighted by Crippen LogP contribution is 2.26. The summed E-state index contributed by atoms with van der Waals surface area (Å²) in [5.41, 5.74) is 7.06. The maximum Gasteiger partial charge on any atom is 0.191 e. The van der Waals surface area contributed by atoms with Crippen LogP contribution in [0.4, 0.5) is 0 Å². The molecule has 1 atom stereocenters. The summed E-state index contributed by atoms with van der Waals surface area (Å²) in [6.07, 6.45) is 0.504. The Labute approximate surface area is 176 Å². The number of hydrogen-bond donors (Lipinski definition) is 2. The maximum absolute atomic E-state index is 11.4. The second-order valence-electron chi connectivity index (χ2n) is 6.33. The quantitative estimate of drug-likeness (QED) is 0.390. The molecule has 1 unspecified atom stereocenters. The van der Waals surface area contributed by atoms with E-state index in [0.29, 0.717) is 12.4 Å². The molecule has 1 aliphatic rings. The molecule has 0 saturated carbocycles. The summed E-state index contributed by atoms with van der Waals surface area (Å²) in [5.74, 6) is 2.68. The van der Waals surface area contributed by atoms with Gasteiger partial charge >= 0.3 is 0 Å². The van der Waals surface area contributed by atoms with Crippen molar-refractivity contribution in [2.45, 2.75) is 12.0 Å². The van der Waals surface area contributed by atoms with E-state index in [1.165, 1.54) is 0 Å². The van der Waals surface area contributed by atoms with Crippen molar-refractivity contribution in [3.63, 3.8) is 0 Å². The number of benzene rings is 2. The number of aliphatic imine (C=N–C) groups is 1. The molecule has 0 radical (unpaired) electrons. The fourth-order valence-corrected chi connectivity index (χ4v) is 3.94. The molecule has 1 aliphatic heterocycles. The molecule has 0 amide bonds. The first-order valence-electron chi connectivity index (χ1n) is 8.62.